The van der Waals surface area contributed by atoms with E-state index in [2.05, 4.69) is 6.07 Å². The van der Waals surface area contributed by atoms with Gasteiger partial charge in [-0.2, -0.15) is 0 Å². The van der Waals surface area contributed by atoms with Gasteiger partial charge in [-0.25, -0.2) is 0 Å². The fraction of sp³-hybridized carbons (Fsp3) is 0.600. The van der Waals surface area contributed by atoms with Crippen molar-refractivity contribution >= 4 is 23.2 Å². The van der Waals surface area contributed by atoms with E-state index in [0.717, 1.165) is 38.9 Å². The second-order valence-corrected chi connectivity index (χ2v) is 6.89. The van der Waals surface area contributed by atoms with Crippen LogP contribution in [0.15, 0.2) is 18.2 Å². The summed E-state index contributed by atoms with van der Waals surface area (Å²) in [6, 6.07) is 5.95. The number of rotatable bonds is 2. The second kappa shape index (κ2) is 4.92. The zero-order valence-corrected chi connectivity index (χ0v) is 12.4. The Morgan fingerprint density at radius 3 is 2.37 bits per heavy atom. The highest BCUT2D eigenvalue weighted by molar-refractivity contribution is 6.42. The lowest BCUT2D eigenvalue weighted by molar-refractivity contribution is -0.0714. The summed E-state index contributed by atoms with van der Waals surface area (Å²) in [5.74, 6) is 0. The van der Waals surface area contributed by atoms with E-state index >= 15 is 0 Å². The van der Waals surface area contributed by atoms with E-state index in [1.54, 1.807) is 0 Å². The fourth-order valence-corrected chi connectivity index (χ4v) is 4.13. The van der Waals surface area contributed by atoms with Gasteiger partial charge in [-0.05, 0) is 48.8 Å². The number of hydrogen-bond acceptors (Lipinski definition) is 2. The smallest absolute Gasteiger partial charge is 0.0595 e. The SMILES string of the molecule is NCC1(c2ccc(Cl)c(Cl)c2)CC2(CCOCC2)C1. The van der Waals surface area contributed by atoms with Crippen LogP contribution < -0.4 is 5.73 Å². The lowest BCUT2D eigenvalue weighted by atomic mass is 9.48. The van der Waals surface area contributed by atoms with E-state index in [-0.39, 0.29) is 5.41 Å². The van der Waals surface area contributed by atoms with Gasteiger partial charge in [-0.1, -0.05) is 29.3 Å². The zero-order valence-electron chi connectivity index (χ0n) is 10.9. The maximum absolute atomic E-state index is 6.14. The van der Waals surface area contributed by atoms with Gasteiger partial charge in [0.1, 0.15) is 0 Å². The molecule has 1 saturated carbocycles. The summed E-state index contributed by atoms with van der Waals surface area (Å²) in [6.07, 6.45) is 4.63. The molecule has 1 spiro atoms. The van der Waals surface area contributed by atoms with Crippen LogP contribution in [0.1, 0.15) is 31.2 Å². The average Bonchev–Trinajstić information content (AvgIpc) is 2.40. The predicted octanol–water partition coefficient (Wildman–Crippen LogP) is 3.78. The van der Waals surface area contributed by atoms with Gasteiger partial charge in [0.25, 0.3) is 0 Å². The van der Waals surface area contributed by atoms with Crippen LogP contribution in [0.3, 0.4) is 0 Å². The first-order chi connectivity index (χ1) is 9.09. The van der Waals surface area contributed by atoms with Crippen molar-refractivity contribution in [3.8, 4) is 0 Å². The Morgan fingerprint density at radius 1 is 1.11 bits per heavy atom. The zero-order chi connectivity index (χ0) is 13.5. The maximum Gasteiger partial charge on any atom is 0.0595 e. The Morgan fingerprint density at radius 2 is 1.79 bits per heavy atom. The molecule has 1 aromatic rings. The minimum atomic E-state index is 0.0889. The van der Waals surface area contributed by atoms with E-state index in [1.807, 2.05) is 12.1 Å². The van der Waals surface area contributed by atoms with Crippen molar-refractivity contribution in [3.63, 3.8) is 0 Å². The third kappa shape index (κ3) is 2.29. The number of nitrogens with two attached hydrogens (primary N) is 1. The van der Waals surface area contributed by atoms with Crippen LogP contribution in [-0.2, 0) is 10.2 Å². The highest BCUT2D eigenvalue weighted by Gasteiger charge is 2.54. The standard InChI is InChI=1S/C15H19Cl2NO/c16-12-2-1-11(7-13(12)17)15(10-18)8-14(9-15)3-5-19-6-4-14/h1-2,7H,3-6,8-10,18H2. The van der Waals surface area contributed by atoms with E-state index in [4.69, 9.17) is 33.7 Å². The molecule has 0 radical (unpaired) electrons. The maximum atomic E-state index is 6.14. The summed E-state index contributed by atoms with van der Waals surface area (Å²) in [4.78, 5) is 0. The van der Waals surface area contributed by atoms with Gasteiger partial charge in [0.2, 0.25) is 0 Å². The molecule has 2 fully saturated rings. The fourth-order valence-electron chi connectivity index (χ4n) is 3.83. The van der Waals surface area contributed by atoms with Crippen LogP contribution >= 0.6 is 23.2 Å². The Kier molecular flexibility index (Phi) is 3.55. The van der Waals surface area contributed by atoms with Gasteiger partial charge in [0.05, 0.1) is 10.0 Å². The minimum Gasteiger partial charge on any atom is -0.381 e. The second-order valence-electron chi connectivity index (χ2n) is 6.08. The van der Waals surface area contributed by atoms with Crippen molar-refractivity contribution in [1.29, 1.82) is 0 Å². The highest BCUT2D eigenvalue weighted by atomic mass is 35.5. The van der Waals surface area contributed by atoms with Crippen LogP contribution in [0.5, 0.6) is 0 Å². The van der Waals surface area contributed by atoms with Crippen molar-refractivity contribution in [2.75, 3.05) is 19.8 Å². The molecule has 2 nitrogen and oxygen atoms in total. The molecule has 4 heteroatoms. The first-order valence-electron chi connectivity index (χ1n) is 6.83. The summed E-state index contributed by atoms with van der Waals surface area (Å²) in [6.45, 7) is 2.46. The van der Waals surface area contributed by atoms with E-state index in [0.29, 0.717) is 22.0 Å². The van der Waals surface area contributed by atoms with E-state index < -0.39 is 0 Å². The van der Waals surface area contributed by atoms with E-state index in [1.165, 1.54) is 5.56 Å². The van der Waals surface area contributed by atoms with Crippen molar-refractivity contribution in [1.82, 2.24) is 0 Å². The highest BCUT2D eigenvalue weighted by Crippen LogP contribution is 2.60. The number of benzene rings is 1. The molecule has 1 aromatic carbocycles. The molecule has 0 unspecified atom stereocenters. The molecule has 1 saturated heterocycles. The van der Waals surface area contributed by atoms with E-state index in [9.17, 15) is 0 Å². The number of ether oxygens (including phenoxy) is 1. The predicted molar refractivity (Wildman–Crippen MR) is 78.9 cm³/mol. The van der Waals surface area contributed by atoms with Gasteiger partial charge in [0.15, 0.2) is 0 Å². The quantitative estimate of drug-likeness (QED) is 0.902. The van der Waals surface area contributed by atoms with Crippen molar-refractivity contribution in [2.24, 2.45) is 11.1 Å². The molecule has 1 heterocycles. The molecule has 3 rings (SSSR count). The Hall–Kier alpha value is -0.280. The summed E-state index contributed by atoms with van der Waals surface area (Å²) in [5.41, 5.74) is 7.85. The van der Waals surface area contributed by atoms with Crippen LogP contribution in [0, 0.1) is 5.41 Å². The molecule has 2 aliphatic rings. The molecule has 0 bridgehead atoms. The van der Waals surface area contributed by atoms with Crippen LogP contribution in [0.4, 0.5) is 0 Å². The number of halogens is 2. The Balaban J connectivity index is 1.83. The Bertz CT molecular complexity index is 475. The van der Waals surface area contributed by atoms with Gasteiger partial charge in [-0.15, -0.1) is 0 Å². The number of hydrogen-bond donors (Lipinski definition) is 1. The lowest BCUT2D eigenvalue weighted by Gasteiger charge is -2.58. The van der Waals surface area contributed by atoms with Gasteiger partial charge < -0.3 is 10.5 Å². The summed E-state index contributed by atoms with van der Waals surface area (Å²) in [7, 11) is 0. The Labute approximate surface area is 124 Å². The molecule has 0 atom stereocenters. The average molecular weight is 300 g/mol. The molecule has 0 aromatic heterocycles. The normalized spacial score (nSPS) is 24.2. The summed E-state index contributed by atoms with van der Waals surface area (Å²) in [5, 5.41) is 1.23. The van der Waals surface area contributed by atoms with Gasteiger partial charge in [0, 0.05) is 25.2 Å². The van der Waals surface area contributed by atoms with Crippen molar-refractivity contribution < 1.29 is 4.74 Å². The van der Waals surface area contributed by atoms with Crippen LogP contribution in [0.25, 0.3) is 0 Å². The van der Waals surface area contributed by atoms with Crippen molar-refractivity contribution in [3.05, 3.63) is 33.8 Å². The molecule has 104 valence electrons. The molecule has 1 aliphatic carbocycles. The molecule has 19 heavy (non-hydrogen) atoms. The third-order valence-corrected chi connectivity index (χ3v) is 5.64. The monoisotopic (exact) mass is 299 g/mol. The first-order valence-corrected chi connectivity index (χ1v) is 7.58. The molecular weight excluding hydrogens is 281 g/mol. The third-order valence-electron chi connectivity index (χ3n) is 4.90. The molecule has 0 amide bonds. The van der Waals surface area contributed by atoms with Gasteiger partial charge in [-0.3, -0.25) is 0 Å². The first kappa shape index (κ1) is 13.7. The van der Waals surface area contributed by atoms with Crippen LogP contribution in [0.2, 0.25) is 10.0 Å². The van der Waals surface area contributed by atoms with Crippen molar-refractivity contribution in [2.45, 2.75) is 31.1 Å². The summed E-state index contributed by atoms with van der Waals surface area (Å²) >= 11 is 12.1. The topological polar surface area (TPSA) is 35.2 Å². The largest absolute Gasteiger partial charge is 0.381 e. The molecule has 1 aliphatic heterocycles. The minimum absolute atomic E-state index is 0.0889. The van der Waals surface area contributed by atoms with Gasteiger partial charge >= 0.3 is 0 Å². The molecule has 2 N–H and O–H groups in total. The van der Waals surface area contributed by atoms with Crippen LogP contribution in [-0.4, -0.2) is 19.8 Å². The molecular formula is C15H19Cl2NO. The lowest BCUT2D eigenvalue weighted by Crippen LogP contribution is -2.55. The summed E-state index contributed by atoms with van der Waals surface area (Å²) < 4.78 is 5.47.